The topological polar surface area (TPSA) is 0 Å². The number of hydrogen-bond donors (Lipinski definition) is 0. The molecule has 1 aromatic carbocycles. The molecular formula is C8H5BF3KS. The molecule has 0 saturated heterocycles. The molecule has 0 nitrogen and oxygen atoms in total. The Labute approximate surface area is 126 Å². The van der Waals surface area contributed by atoms with Crippen molar-refractivity contribution in [2.75, 3.05) is 0 Å². The van der Waals surface area contributed by atoms with Crippen molar-refractivity contribution < 1.29 is 64.3 Å². The Morgan fingerprint density at radius 1 is 1.07 bits per heavy atom. The van der Waals surface area contributed by atoms with Crippen LogP contribution in [0.3, 0.4) is 0 Å². The molecule has 68 valence electrons. The van der Waals surface area contributed by atoms with Gasteiger partial charge in [-0.05, 0) is 16.8 Å². The quantitative estimate of drug-likeness (QED) is 0.613. The summed E-state index contributed by atoms with van der Waals surface area (Å²) in [6.07, 6.45) is 0. The van der Waals surface area contributed by atoms with Crippen LogP contribution in [-0.2, 0) is 0 Å². The summed E-state index contributed by atoms with van der Waals surface area (Å²) in [6.45, 7) is -4.86. The zero-order chi connectivity index (χ0) is 9.47. The van der Waals surface area contributed by atoms with E-state index in [0.717, 1.165) is 11.5 Å². The molecule has 0 saturated carbocycles. The number of thiophene rings is 1. The Bertz CT molecular complexity index is 437. The molecule has 0 spiro atoms. The van der Waals surface area contributed by atoms with E-state index < -0.39 is 12.4 Å². The van der Waals surface area contributed by atoms with Gasteiger partial charge >= 0.3 is 58.4 Å². The maximum absolute atomic E-state index is 12.3. The van der Waals surface area contributed by atoms with Crippen LogP contribution in [0, 0.1) is 0 Å². The molecule has 0 bridgehead atoms. The van der Waals surface area contributed by atoms with Crippen LogP contribution in [0.15, 0.2) is 29.6 Å². The maximum Gasteiger partial charge on any atom is 1.00 e. The second-order valence-corrected chi connectivity index (χ2v) is 3.74. The maximum atomic E-state index is 12.3. The van der Waals surface area contributed by atoms with Crippen molar-refractivity contribution in [2.45, 2.75) is 0 Å². The van der Waals surface area contributed by atoms with Crippen molar-refractivity contribution >= 4 is 33.9 Å². The molecule has 0 radical (unpaired) electrons. The Kier molecular flexibility index (Phi) is 4.25. The molecule has 0 N–H and O–H groups in total. The van der Waals surface area contributed by atoms with Crippen molar-refractivity contribution in [1.29, 1.82) is 0 Å². The molecule has 1 heterocycles. The minimum atomic E-state index is -4.86. The largest absolute Gasteiger partial charge is 1.00 e. The molecule has 0 aliphatic heterocycles. The van der Waals surface area contributed by atoms with Gasteiger partial charge in [0.2, 0.25) is 0 Å². The summed E-state index contributed by atoms with van der Waals surface area (Å²) in [7, 11) is 0. The fourth-order valence-electron chi connectivity index (χ4n) is 1.17. The molecule has 0 amide bonds. The van der Waals surface area contributed by atoms with Gasteiger partial charge in [-0.25, -0.2) is 0 Å². The van der Waals surface area contributed by atoms with Gasteiger partial charge in [0.15, 0.2) is 0 Å². The second-order valence-electron chi connectivity index (χ2n) is 2.79. The Morgan fingerprint density at radius 2 is 1.79 bits per heavy atom. The van der Waals surface area contributed by atoms with Gasteiger partial charge in [-0.15, -0.1) is 16.8 Å². The van der Waals surface area contributed by atoms with Crippen LogP contribution in [0.4, 0.5) is 12.9 Å². The summed E-state index contributed by atoms with van der Waals surface area (Å²) in [5.41, 5.74) is -0.519. The van der Waals surface area contributed by atoms with E-state index in [2.05, 4.69) is 0 Å². The first-order valence-electron chi connectivity index (χ1n) is 3.74. The van der Waals surface area contributed by atoms with Gasteiger partial charge in [-0.3, -0.25) is 0 Å². The first kappa shape index (κ1) is 12.7. The Hall–Kier alpha value is 0.671. The van der Waals surface area contributed by atoms with Gasteiger partial charge in [-0.1, -0.05) is 18.2 Å². The molecule has 2 rings (SSSR count). The molecule has 14 heavy (non-hydrogen) atoms. The third kappa shape index (κ3) is 2.62. The fraction of sp³-hybridized carbons (Fsp3) is 0. The van der Waals surface area contributed by atoms with Crippen LogP contribution in [0.5, 0.6) is 0 Å². The third-order valence-electron chi connectivity index (χ3n) is 1.86. The van der Waals surface area contributed by atoms with Gasteiger partial charge in [0, 0.05) is 4.70 Å². The van der Waals surface area contributed by atoms with E-state index >= 15 is 0 Å². The minimum absolute atomic E-state index is 0. The van der Waals surface area contributed by atoms with Crippen molar-refractivity contribution in [3.63, 3.8) is 0 Å². The van der Waals surface area contributed by atoms with E-state index in [-0.39, 0.29) is 51.4 Å². The number of fused-ring (bicyclic) bond motifs is 1. The molecule has 0 aliphatic carbocycles. The average molecular weight is 240 g/mol. The number of halogens is 3. The molecule has 2 aromatic rings. The summed E-state index contributed by atoms with van der Waals surface area (Å²) in [5.74, 6) is 0. The smallest absolute Gasteiger partial charge is 0.445 e. The van der Waals surface area contributed by atoms with Gasteiger partial charge in [0.1, 0.15) is 0 Å². The molecule has 6 heteroatoms. The van der Waals surface area contributed by atoms with Crippen LogP contribution < -0.4 is 56.8 Å². The first-order valence-corrected chi connectivity index (χ1v) is 4.62. The van der Waals surface area contributed by atoms with E-state index in [1.165, 1.54) is 23.5 Å². The standard InChI is InChI=1S/C8H5BF3S.K/c10-9(11,12)7-2-1-6-3-4-13-8(6)5-7;/h1-5H;/q-1;+1. The van der Waals surface area contributed by atoms with Gasteiger partial charge in [0.25, 0.3) is 0 Å². The van der Waals surface area contributed by atoms with Crippen LogP contribution in [0.1, 0.15) is 0 Å². The Balaban J connectivity index is 0.000000980. The van der Waals surface area contributed by atoms with E-state index in [9.17, 15) is 12.9 Å². The SMILES string of the molecule is F[B-](F)(F)c1ccc2ccsc2c1.[K+]. The predicted molar refractivity (Wildman–Crippen MR) is 50.5 cm³/mol. The van der Waals surface area contributed by atoms with Gasteiger partial charge in [-0.2, -0.15) is 0 Å². The molecule has 0 atom stereocenters. The van der Waals surface area contributed by atoms with E-state index in [4.69, 9.17) is 0 Å². The number of benzene rings is 1. The zero-order valence-electron chi connectivity index (χ0n) is 7.51. The molecule has 0 aliphatic rings. The van der Waals surface area contributed by atoms with Crippen molar-refractivity contribution in [1.82, 2.24) is 0 Å². The van der Waals surface area contributed by atoms with Crippen molar-refractivity contribution in [3.05, 3.63) is 29.6 Å². The average Bonchev–Trinajstić information content (AvgIpc) is 2.47. The second kappa shape index (κ2) is 4.67. The predicted octanol–water partition coefficient (Wildman–Crippen LogP) is -0.0403. The van der Waals surface area contributed by atoms with Crippen LogP contribution in [0.25, 0.3) is 10.1 Å². The summed E-state index contributed by atoms with van der Waals surface area (Å²) < 4.78 is 37.6. The Morgan fingerprint density at radius 3 is 2.43 bits per heavy atom. The van der Waals surface area contributed by atoms with E-state index in [1.807, 2.05) is 6.07 Å². The summed E-state index contributed by atoms with van der Waals surface area (Å²) in [4.78, 5) is 0. The molecular weight excluding hydrogens is 235 g/mol. The summed E-state index contributed by atoms with van der Waals surface area (Å²) in [5, 5.41) is 2.66. The molecule has 1 aromatic heterocycles. The van der Waals surface area contributed by atoms with Crippen molar-refractivity contribution in [3.8, 4) is 0 Å². The normalized spacial score (nSPS) is 11.4. The molecule has 0 unspecified atom stereocenters. The minimum Gasteiger partial charge on any atom is -0.445 e. The van der Waals surface area contributed by atoms with E-state index in [1.54, 1.807) is 5.38 Å². The zero-order valence-corrected chi connectivity index (χ0v) is 11.4. The monoisotopic (exact) mass is 240 g/mol. The van der Waals surface area contributed by atoms with Crippen LogP contribution >= 0.6 is 11.3 Å². The van der Waals surface area contributed by atoms with Gasteiger partial charge in [0.05, 0.1) is 0 Å². The first-order chi connectivity index (χ1) is 6.07. The summed E-state index contributed by atoms with van der Waals surface area (Å²) >= 11 is 1.33. The van der Waals surface area contributed by atoms with Gasteiger partial charge < -0.3 is 12.9 Å². The number of rotatable bonds is 1. The third-order valence-corrected chi connectivity index (χ3v) is 2.74. The molecule has 0 fully saturated rings. The number of hydrogen-bond acceptors (Lipinski definition) is 1. The van der Waals surface area contributed by atoms with Crippen LogP contribution in [-0.4, -0.2) is 6.98 Å². The van der Waals surface area contributed by atoms with E-state index in [0.29, 0.717) is 4.70 Å². The fourth-order valence-corrected chi connectivity index (χ4v) is 2.01. The summed E-state index contributed by atoms with van der Waals surface area (Å²) in [6, 6.07) is 5.67. The van der Waals surface area contributed by atoms with Crippen molar-refractivity contribution in [2.24, 2.45) is 0 Å². The van der Waals surface area contributed by atoms with Crippen LogP contribution in [0.2, 0.25) is 0 Å².